The number of benzene rings is 7. The summed E-state index contributed by atoms with van der Waals surface area (Å²) in [6, 6.07) is 43.9. The molecule has 2 aliphatic heterocycles. The average Bonchev–Trinajstić information content (AvgIpc) is 3.79. The molecule has 0 spiro atoms. The Labute approximate surface area is 436 Å². The highest BCUT2D eigenvalue weighted by atomic mass is 31.2. The highest BCUT2D eigenvalue weighted by molar-refractivity contribution is 7.75. The highest BCUT2D eigenvalue weighted by Gasteiger charge is 2.48. The van der Waals surface area contributed by atoms with Crippen LogP contribution in [0.25, 0.3) is 11.1 Å². The van der Waals surface area contributed by atoms with Crippen LogP contribution in [0.1, 0.15) is 61.2 Å². The number of hydrogen-bond donors (Lipinski definition) is 1. The average molecular weight is 1040 g/mol. The number of allylic oxidation sites excluding steroid dienone is 2. The minimum atomic E-state index is -4.03. The van der Waals surface area contributed by atoms with Crippen LogP contribution >= 0.6 is 7.37 Å². The Morgan fingerprint density at radius 1 is 0.539 bits per heavy atom. The molecule has 3 aliphatic rings. The number of amides is 3. The van der Waals surface area contributed by atoms with Gasteiger partial charge in [-0.2, -0.15) is 0 Å². The molecular weight excluding hydrogens is 988 g/mol. The Kier molecular flexibility index (Phi) is 14.4. The molecule has 3 amide bonds. The maximum Gasteiger partial charge on any atom is 0.311 e. The molecular formula is C60H47N2O13P. The van der Waals surface area contributed by atoms with Crippen LogP contribution in [0.5, 0.6) is 28.7 Å². The molecule has 3 unspecified atom stereocenters. The number of nitrogens with zero attached hydrogens (tertiary/aromatic N) is 1. The minimum Gasteiger partial charge on any atom is -0.486 e. The molecule has 1 aliphatic carbocycles. The number of carbonyl (C=O) groups is 7. The Hall–Kier alpha value is -9.20. The van der Waals surface area contributed by atoms with Crippen molar-refractivity contribution in [2.45, 2.75) is 19.8 Å². The molecule has 1 fully saturated rings. The van der Waals surface area contributed by atoms with E-state index >= 15 is 4.57 Å². The Bertz CT molecular complexity index is 3510. The molecule has 3 atom stereocenters. The van der Waals surface area contributed by atoms with E-state index < -0.39 is 31.4 Å². The van der Waals surface area contributed by atoms with Gasteiger partial charge in [0.15, 0.2) is 43.0 Å². The highest BCUT2D eigenvalue weighted by Crippen LogP contribution is 2.55. The lowest BCUT2D eigenvalue weighted by Crippen LogP contribution is -2.30. The molecule has 7 aromatic carbocycles. The minimum absolute atomic E-state index is 0.0658. The largest absolute Gasteiger partial charge is 0.486 e. The molecule has 16 heteroatoms. The van der Waals surface area contributed by atoms with Gasteiger partial charge < -0.3 is 28.8 Å². The summed E-state index contributed by atoms with van der Waals surface area (Å²) in [6.45, 7) is 0.0593. The van der Waals surface area contributed by atoms with Gasteiger partial charge in [0.25, 0.3) is 5.91 Å². The van der Waals surface area contributed by atoms with Crippen LogP contribution < -0.4 is 44.3 Å². The molecule has 0 aromatic heterocycles. The van der Waals surface area contributed by atoms with Crippen LogP contribution in [0, 0.1) is 11.8 Å². The predicted molar refractivity (Wildman–Crippen MR) is 283 cm³/mol. The first kappa shape index (κ1) is 50.3. The molecule has 1 N–H and O–H groups in total. The van der Waals surface area contributed by atoms with E-state index in [-0.39, 0.29) is 83.0 Å². The van der Waals surface area contributed by atoms with E-state index in [2.05, 4.69) is 5.32 Å². The summed E-state index contributed by atoms with van der Waals surface area (Å²) < 4.78 is 45.1. The molecule has 2 heterocycles. The number of rotatable bonds is 19. The van der Waals surface area contributed by atoms with Gasteiger partial charge in [-0.15, -0.1) is 0 Å². The van der Waals surface area contributed by atoms with E-state index in [0.717, 1.165) is 5.56 Å². The first-order chi connectivity index (χ1) is 36.8. The van der Waals surface area contributed by atoms with Gasteiger partial charge >= 0.3 is 7.37 Å². The summed E-state index contributed by atoms with van der Waals surface area (Å²) in [5.41, 5.74) is 3.34. The second kappa shape index (κ2) is 21.7. The molecule has 15 nitrogen and oxygen atoms in total. The predicted octanol–water partition coefficient (Wildman–Crippen LogP) is 9.44. The van der Waals surface area contributed by atoms with Crippen molar-refractivity contribution in [1.29, 1.82) is 0 Å². The number of carbonyl (C=O) groups excluding carboxylic acids is 7. The summed E-state index contributed by atoms with van der Waals surface area (Å²) in [6.07, 6.45) is 4.92. The van der Waals surface area contributed by atoms with Crippen LogP contribution in [0.3, 0.4) is 0 Å². The van der Waals surface area contributed by atoms with Crippen molar-refractivity contribution in [1.82, 2.24) is 0 Å². The molecule has 380 valence electrons. The Morgan fingerprint density at radius 3 is 1.74 bits per heavy atom. The number of para-hydroxylation sites is 1. The number of Topliss-reactive ketones (excluding diaryl/α,β-unsaturated/α-hetero) is 4. The third-order valence-electron chi connectivity index (χ3n) is 13.1. The van der Waals surface area contributed by atoms with Crippen LogP contribution in [-0.2, 0) is 18.9 Å². The van der Waals surface area contributed by atoms with Gasteiger partial charge in [0.2, 0.25) is 11.8 Å². The second-order valence-corrected chi connectivity index (χ2v) is 20.5. The van der Waals surface area contributed by atoms with Crippen LogP contribution in [0.15, 0.2) is 176 Å². The van der Waals surface area contributed by atoms with Crippen molar-refractivity contribution < 1.29 is 61.6 Å². The second-order valence-electron chi connectivity index (χ2n) is 18.2. The van der Waals surface area contributed by atoms with Crippen molar-refractivity contribution in [3.63, 3.8) is 0 Å². The van der Waals surface area contributed by atoms with Gasteiger partial charge in [-0.25, -0.2) is 0 Å². The maximum absolute atomic E-state index is 15.5. The molecule has 7 aromatic rings. The van der Waals surface area contributed by atoms with Gasteiger partial charge in [0, 0.05) is 33.5 Å². The lowest BCUT2D eigenvalue weighted by atomic mass is 9.85. The molecule has 10 rings (SSSR count). The van der Waals surface area contributed by atoms with Gasteiger partial charge in [0.05, 0.1) is 28.1 Å². The van der Waals surface area contributed by atoms with E-state index in [0.29, 0.717) is 63.5 Å². The number of ether oxygens (including phenoxy) is 4. The molecule has 1 saturated heterocycles. The van der Waals surface area contributed by atoms with E-state index in [9.17, 15) is 33.6 Å². The molecule has 0 bridgehead atoms. The fourth-order valence-corrected chi connectivity index (χ4v) is 11.6. The third-order valence-corrected chi connectivity index (χ3v) is 15.6. The molecule has 76 heavy (non-hydrogen) atoms. The lowest BCUT2D eigenvalue weighted by molar-refractivity contribution is -0.122. The maximum atomic E-state index is 15.5. The van der Waals surface area contributed by atoms with Crippen LogP contribution in [0.4, 0.5) is 11.4 Å². The van der Waals surface area contributed by atoms with Gasteiger partial charge in [-0.05, 0) is 135 Å². The summed E-state index contributed by atoms with van der Waals surface area (Å²) in [5.74, 6) is -1.58. The van der Waals surface area contributed by atoms with Crippen LogP contribution in [0.2, 0.25) is 0 Å². The van der Waals surface area contributed by atoms with E-state index in [1.54, 1.807) is 115 Å². The SMILES string of the molecule is CC(=O)COc1ccc(C(=O)COc2ccc(OCC(=O)c3cccc(C(=O)COc4ccc(NC(=O)c5ccc(N6C(=O)C7CC=CCC7C6=O)cc5)cc4)c3)c(P3(=O)Oc4ccccc4-c4ccccc43)c2)cc1. The fraction of sp³-hybridized carbons (Fsp3) is 0.150. The normalized spacial score (nSPS) is 17.0. The summed E-state index contributed by atoms with van der Waals surface area (Å²) >= 11 is 0. The first-order valence-corrected chi connectivity index (χ1v) is 25.9. The van der Waals surface area contributed by atoms with Crippen molar-refractivity contribution in [2.24, 2.45) is 11.8 Å². The summed E-state index contributed by atoms with van der Waals surface area (Å²) in [7, 11) is -4.03. The topological polar surface area (TPSA) is 198 Å². The zero-order valence-corrected chi connectivity index (χ0v) is 41.7. The number of nitrogens with one attached hydrogen (secondary N) is 1. The summed E-state index contributed by atoms with van der Waals surface area (Å²) in [4.78, 5) is 92.1. The Morgan fingerprint density at radius 2 is 1.08 bits per heavy atom. The zero-order chi connectivity index (χ0) is 52.9. The van der Waals surface area contributed by atoms with Crippen molar-refractivity contribution in [3.8, 4) is 39.9 Å². The number of fused-ring (bicyclic) bond motifs is 4. The van der Waals surface area contributed by atoms with Crippen LogP contribution in [-0.4, -0.2) is 67.3 Å². The quantitative estimate of drug-likeness (QED) is 0.0348. The van der Waals surface area contributed by atoms with E-state index in [1.807, 2.05) is 36.4 Å². The van der Waals surface area contributed by atoms with Crippen molar-refractivity contribution >= 4 is 70.2 Å². The smallest absolute Gasteiger partial charge is 0.311 e. The third kappa shape index (κ3) is 10.6. The van der Waals surface area contributed by atoms with Crippen molar-refractivity contribution in [3.05, 3.63) is 198 Å². The number of hydrogen-bond acceptors (Lipinski definition) is 13. The Balaban J connectivity index is 0.779. The fourth-order valence-electron chi connectivity index (χ4n) is 9.17. The zero-order valence-electron chi connectivity index (χ0n) is 40.8. The number of anilines is 2. The monoisotopic (exact) mass is 1030 g/mol. The van der Waals surface area contributed by atoms with Crippen molar-refractivity contribution in [2.75, 3.05) is 36.6 Å². The van der Waals surface area contributed by atoms with Gasteiger partial charge in [0.1, 0.15) is 35.4 Å². The van der Waals surface area contributed by atoms with Gasteiger partial charge in [-0.3, -0.25) is 43.0 Å². The standard InChI is InChI=1S/C60H47N2O13P/c1-37(63)33-71-44-25-19-38(20-26-44)51(64)34-73-46-29-30-55(57(32-46)76(70)56-16-7-5-12-48(56)47-11-4-6-15-54(47)75-76)74-36-53(66)41-10-8-9-40(31-41)52(65)35-72-45-27-21-42(22-28-45)61-58(67)39-17-23-43(24-18-39)62-59(68)49-13-2-3-14-50(49)60(62)69/h2-12,15-32,49-50H,13-14,33-36H2,1H3,(H,61,67). The lowest BCUT2D eigenvalue weighted by Gasteiger charge is -2.30. The number of imide groups is 1. The van der Waals surface area contributed by atoms with Gasteiger partial charge in [-0.1, -0.05) is 66.7 Å². The first-order valence-electron chi connectivity index (χ1n) is 24.3. The molecule has 0 radical (unpaired) electrons. The van der Waals surface area contributed by atoms with E-state index in [1.165, 1.54) is 36.1 Å². The summed E-state index contributed by atoms with van der Waals surface area (Å²) in [5, 5.41) is 3.29. The molecule has 0 saturated carbocycles. The number of ketones is 4. The van der Waals surface area contributed by atoms with E-state index in [4.69, 9.17) is 23.5 Å².